The first kappa shape index (κ1) is 48.9. The zero-order valence-electron chi connectivity index (χ0n) is 46.4. The summed E-state index contributed by atoms with van der Waals surface area (Å²) in [5.74, 6) is 7.49. The molecule has 0 spiro atoms. The fraction of sp³-hybridized carbons (Fsp3) is 0.206. The van der Waals surface area contributed by atoms with Crippen molar-refractivity contribution in [3.63, 3.8) is 0 Å². The van der Waals surface area contributed by atoms with Crippen molar-refractivity contribution < 1.29 is 56.8 Å². The van der Waals surface area contributed by atoms with Gasteiger partial charge in [0.15, 0.2) is 0 Å². The SMILES string of the molecule is COc1cc(OC)c2c(c1)c1cc3c(cc1c1cc(OC)cc(OC)c12)C1c2cc4c(cc2C3c2cc3c(cc21)c1cc(OC)cc(OC)c1c1c(OC)cc(OC)cc31)c1cc(OC)cc(OC)c1c1c(OC)cc(OC)cc41. The maximum atomic E-state index is 6.24. The Hall–Kier alpha value is -9.42. The van der Waals surface area contributed by atoms with E-state index in [0.29, 0.717) is 69.0 Å². The zero-order chi connectivity index (χ0) is 55.2. The Kier molecular flexibility index (Phi) is 11.0. The Morgan fingerprint density at radius 3 is 0.450 bits per heavy atom. The van der Waals surface area contributed by atoms with E-state index in [1.165, 1.54) is 33.4 Å². The third-order valence-corrected chi connectivity index (χ3v) is 17.2. The Morgan fingerprint density at radius 1 is 0.175 bits per heavy atom. The smallest absolute Gasteiger partial charge is 0.131 e. The van der Waals surface area contributed by atoms with Crippen LogP contribution in [0.2, 0.25) is 0 Å². The number of hydrogen-bond acceptors (Lipinski definition) is 12. The molecule has 0 amide bonds. The molecule has 12 aromatic rings. The van der Waals surface area contributed by atoms with Gasteiger partial charge in [-0.25, -0.2) is 0 Å². The molecule has 0 aliphatic heterocycles. The number of fused-ring (bicyclic) bond motifs is 18. The van der Waals surface area contributed by atoms with Gasteiger partial charge in [0, 0.05) is 80.6 Å². The van der Waals surface area contributed by atoms with Crippen LogP contribution in [0, 0.1) is 0 Å². The maximum absolute atomic E-state index is 6.24. The van der Waals surface area contributed by atoms with Crippen molar-refractivity contribution in [2.45, 2.75) is 11.8 Å². The summed E-state index contributed by atoms with van der Waals surface area (Å²) < 4.78 is 73.5. The minimum atomic E-state index is -0.271. The summed E-state index contributed by atoms with van der Waals surface area (Å²) in [5, 5.41) is 17.5. The number of ether oxygens (including phenoxy) is 12. The third-order valence-electron chi connectivity index (χ3n) is 17.2. The van der Waals surface area contributed by atoms with E-state index in [0.717, 1.165) is 97.0 Å². The summed E-state index contributed by atoms with van der Waals surface area (Å²) in [6.07, 6.45) is 0. The second-order valence-electron chi connectivity index (χ2n) is 20.5. The molecule has 12 nitrogen and oxygen atoms in total. The quantitative estimate of drug-likeness (QED) is 0.109. The minimum absolute atomic E-state index is 0.271. The van der Waals surface area contributed by atoms with Crippen LogP contribution in [0.15, 0.2) is 109 Å². The first-order chi connectivity index (χ1) is 39.1. The van der Waals surface area contributed by atoms with Crippen molar-refractivity contribution in [3.05, 3.63) is 143 Å². The lowest BCUT2D eigenvalue weighted by atomic mass is 9.59. The van der Waals surface area contributed by atoms with E-state index >= 15 is 0 Å². The maximum Gasteiger partial charge on any atom is 0.131 e. The second-order valence-corrected chi connectivity index (χ2v) is 20.5. The highest BCUT2D eigenvalue weighted by Gasteiger charge is 2.43. The van der Waals surface area contributed by atoms with Crippen LogP contribution in [-0.4, -0.2) is 85.3 Å². The van der Waals surface area contributed by atoms with Crippen molar-refractivity contribution in [1.82, 2.24) is 0 Å². The van der Waals surface area contributed by atoms with Gasteiger partial charge in [0.25, 0.3) is 0 Å². The van der Waals surface area contributed by atoms with Crippen molar-refractivity contribution in [1.29, 1.82) is 0 Å². The number of rotatable bonds is 12. The zero-order valence-corrected chi connectivity index (χ0v) is 46.4. The summed E-state index contributed by atoms with van der Waals surface area (Å²) in [5.41, 5.74) is 7.11. The lowest BCUT2D eigenvalue weighted by Gasteiger charge is -2.43. The van der Waals surface area contributed by atoms with Gasteiger partial charge >= 0.3 is 0 Å². The van der Waals surface area contributed by atoms with Crippen LogP contribution in [0.1, 0.15) is 45.2 Å². The van der Waals surface area contributed by atoms with Gasteiger partial charge in [-0.2, -0.15) is 0 Å². The van der Waals surface area contributed by atoms with Crippen LogP contribution in [0.5, 0.6) is 69.0 Å². The molecule has 12 aromatic carbocycles. The van der Waals surface area contributed by atoms with Crippen LogP contribution in [-0.2, 0) is 0 Å². The molecule has 15 rings (SSSR count). The summed E-state index contributed by atoms with van der Waals surface area (Å²) in [7, 11) is 20.3. The molecule has 0 fully saturated rings. The predicted molar refractivity (Wildman–Crippen MR) is 317 cm³/mol. The molecule has 2 bridgehead atoms. The molecule has 3 aliphatic carbocycles. The fourth-order valence-corrected chi connectivity index (χ4v) is 13.8. The molecule has 0 heterocycles. The number of methoxy groups -OCH3 is 12. The van der Waals surface area contributed by atoms with Crippen molar-refractivity contribution in [2.75, 3.05) is 85.3 Å². The van der Waals surface area contributed by atoms with Crippen LogP contribution >= 0.6 is 0 Å². The molecule has 80 heavy (non-hydrogen) atoms. The summed E-state index contributed by atoms with van der Waals surface area (Å²) in [6, 6.07) is 38.8. The van der Waals surface area contributed by atoms with Gasteiger partial charge in [0.1, 0.15) is 69.0 Å². The van der Waals surface area contributed by atoms with Crippen molar-refractivity contribution in [2.24, 2.45) is 0 Å². The molecule has 3 aliphatic rings. The highest BCUT2D eigenvalue weighted by Crippen LogP contribution is 2.61. The van der Waals surface area contributed by atoms with Gasteiger partial charge in [-0.3, -0.25) is 0 Å². The minimum Gasteiger partial charge on any atom is -0.497 e. The van der Waals surface area contributed by atoms with Gasteiger partial charge in [0.2, 0.25) is 0 Å². The average Bonchev–Trinajstić information content (AvgIpc) is 1.80. The summed E-state index contributed by atoms with van der Waals surface area (Å²) in [4.78, 5) is 0. The molecule has 0 atom stereocenters. The normalized spacial score (nSPS) is 14.2. The van der Waals surface area contributed by atoms with E-state index in [-0.39, 0.29) is 11.8 Å². The molecule has 0 saturated carbocycles. The van der Waals surface area contributed by atoms with Gasteiger partial charge in [-0.1, -0.05) is 0 Å². The Balaban J connectivity index is 1.20. The van der Waals surface area contributed by atoms with E-state index in [1.807, 2.05) is 36.4 Å². The van der Waals surface area contributed by atoms with E-state index < -0.39 is 0 Å². The van der Waals surface area contributed by atoms with E-state index in [1.54, 1.807) is 85.3 Å². The Morgan fingerprint density at radius 2 is 0.325 bits per heavy atom. The van der Waals surface area contributed by atoms with Crippen LogP contribution < -0.4 is 56.8 Å². The summed E-state index contributed by atoms with van der Waals surface area (Å²) >= 11 is 0. The van der Waals surface area contributed by atoms with Gasteiger partial charge in [-0.15, -0.1) is 0 Å². The molecule has 0 saturated heterocycles. The largest absolute Gasteiger partial charge is 0.497 e. The van der Waals surface area contributed by atoms with Crippen molar-refractivity contribution in [3.8, 4) is 69.0 Å². The molecule has 400 valence electrons. The first-order valence-corrected chi connectivity index (χ1v) is 26.2. The topological polar surface area (TPSA) is 111 Å². The van der Waals surface area contributed by atoms with Crippen LogP contribution in [0.4, 0.5) is 0 Å². The molecular weight excluding hydrogens is 1010 g/mol. The standard InChI is InChI=1S/C68H56O12/c1-69-31-13-43-37-25-49-50(26-38(37)44-14-32(70-2)20-56(76-8)64(44)63(43)55(19-31)75-7)62-53-29-41-39(45-15-33(71-3)21-57(77-9)65(45)67-47(41)17-35(73-5)23-59(67)79-11)27-51(53)61(49)52-28-40-42(30-54(52)62)48-18-36(74-6)24-60(80-12)68(48)66-46(40)16-34(72-4)22-58(66)78-10/h13-30,61-62H,1-12H3. The van der Waals surface area contributed by atoms with Crippen molar-refractivity contribution >= 4 is 97.0 Å². The van der Waals surface area contributed by atoms with Crippen LogP contribution in [0.3, 0.4) is 0 Å². The lowest BCUT2D eigenvalue weighted by molar-refractivity contribution is 0.396. The number of hydrogen-bond donors (Lipinski definition) is 0. The highest BCUT2D eigenvalue weighted by atomic mass is 16.5. The third kappa shape index (κ3) is 6.56. The molecule has 12 heteroatoms. The Labute approximate surface area is 460 Å². The number of benzene rings is 12. The second kappa shape index (κ2) is 18.1. The molecule has 0 N–H and O–H groups in total. The molecule has 0 unspecified atom stereocenters. The van der Waals surface area contributed by atoms with Gasteiger partial charge in [0.05, 0.1) is 85.3 Å². The van der Waals surface area contributed by atoms with E-state index in [4.69, 9.17) is 56.8 Å². The summed E-state index contributed by atoms with van der Waals surface area (Å²) in [6.45, 7) is 0. The first-order valence-electron chi connectivity index (χ1n) is 26.2. The van der Waals surface area contributed by atoms with Gasteiger partial charge < -0.3 is 56.8 Å². The van der Waals surface area contributed by atoms with E-state index in [2.05, 4.69) is 72.8 Å². The molecular formula is C68H56O12. The van der Waals surface area contributed by atoms with E-state index in [9.17, 15) is 0 Å². The molecule has 0 aromatic heterocycles. The fourth-order valence-electron chi connectivity index (χ4n) is 13.8. The lowest BCUT2D eigenvalue weighted by Crippen LogP contribution is -2.27. The highest BCUT2D eigenvalue weighted by molar-refractivity contribution is 6.32. The Bertz CT molecular complexity index is 3950. The predicted octanol–water partition coefficient (Wildman–Crippen LogP) is 15.2. The average molecular weight is 1070 g/mol. The van der Waals surface area contributed by atoms with Gasteiger partial charge in [-0.05, 0) is 171 Å². The van der Waals surface area contributed by atoms with Crippen LogP contribution in [0.25, 0.3) is 97.0 Å². The monoisotopic (exact) mass is 1060 g/mol. The molecule has 0 radical (unpaired) electrons.